The summed E-state index contributed by atoms with van der Waals surface area (Å²) in [5.74, 6) is 0.320. The topological polar surface area (TPSA) is 46.2 Å². The van der Waals surface area contributed by atoms with Crippen molar-refractivity contribution < 1.29 is 5.11 Å². The third-order valence-corrected chi connectivity index (χ3v) is 2.26. The normalized spacial score (nSPS) is 10.0. The molecule has 3 N–H and O–H groups in total. The van der Waals surface area contributed by atoms with Gasteiger partial charge in [-0.15, -0.1) is 11.8 Å². The molecule has 1 rings (SSSR count). The molecule has 0 bridgehead atoms. The first-order valence-corrected chi connectivity index (χ1v) is 4.56. The number of phenols is 1. The smallest absolute Gasteiger partial charge is 0.129 e. The van der Waals surface area contributed by atoms with Crippen molar-refractivity contribution in [2.24, 2.45) is 5.73 Å². The lowest BCUT2D eigenvalue weighted by Crippen LogP contribution is -1.95. The summed E-state index contributed by atoms with van der Waals surface area (Å²) in [6.45, 7) is 0.474. The molecule has 1 aromatic rings. The molecule has 2 nitrogen and oxygen atoms in total. The highest BCUT2D eigenvalue weighted by Crippen LogP contribution is 2.26. The highest BCUT2D eigenvalue weighted by atomic mass is 32.2. The highest BCUT2D eigenvalue weighted by molar-refractivity contribution is 7.98. The van der Waals surface area contributed by atoms with E-state index in [9.17, 15) is 5.11 Å². The molecule has 0 spiro atoms. The largest absolute Gasteiger partial charge is 0.507 e. The Morgan fingerprint density at radius 1 is 1.55 bits per heavy atom. The first-order chi connectivity index (χ1) is 5.27. The van der Waals surface area contributed by atoms with Crippen LogP contribution in [-0.4, -0.2) is 11.4 Å². The number of benzene rings is 1. The maximum absolute atomic E-state index is 9.35. The molecular weight excluding hydrogens is 158 g/mol. The van der Waals surface area contributed by atoms with Crippen LogP contribution in [0, 0.1) is 0 Å². The Bertz CT molecular complexity index is 250. The fraction of sp³-hybridized carbons (Fsp3) is 0.250. The standard InChI is InChI=1S/C8H11NOS/c1-11-8-3-2-6(5-9)4-7(8)10/h2-4,10H,5,9H2,1H3. The minimum absolute atomic E-state index is 0.320. The van der Waals surface area contributed by atoms with Crippen LogP contribution in [-0.2, 0) is 6.54 Å². The molecule has 0 radical (unpaired) electrons. The van der Waals surface area contributed by atoms with Crippen LogP contribution in [0.2, 0.25) is 0 Å². The molecule has 0 fully saturated rings. The average Bonchev–Trinajstić information content (AvgIpc) is 2.04. The summed E-state index contributed by atoms with van der Waals surface area (Å²) in [6, 6.07) is 5.50. The Morgan fingerprint density at radius 3 is 2.73 bits per heavy atom. The van der Waals surface area contributed by atoms with Crippen LogP contribution >= 0.6 is 11.8 Å². The molecule has 0 aliphatic heterocycles. The minimum Gasteiger partial charge on any atom is -0.507 e. The van der Waals surface area contributed by atoms with E-state index < -0.39 is 0 Å². The highest BCUT2D eigenvalue weighted by Gasteiger charge is 1.98. The van der Waals surface area contributed by atoms with E-state index in [1.807, 2.05) is 18.4 Å². The van der Waals surface area contributed by atoms with Crippen LogP contribution in [0.15, 0.2) is 23.1 Å². The Hall–Kier alpha value is -0.670. The summed E-state index contributed by atoms with van der Waals surface area (Å²) in [6.07, 6.45) is 1.93. The zero-order valence-electron chi connectivity index (χ0n) is 6.37. The predicted octanol–water partition coefficient (Wildman–Crippen LogP) is 1.57. The lowest BCUT2D eigenvalue weighted by Gasteiger charge is -2.02. The third-order valence-electron chi connectivity index (χ3n) is 1.48. The Balaban J connectivity index is 2.99. The number of rotatable bonds is 2. The molecule has 0 atom stereocenters. The van der Waals surface area contributed by atoms with Crippen LogP contribution in [0.25, 0.3) is 0 Å². The van der Waals surface area contributed by atoms with Gasteiger partial charge in [0.15, 0.2) is 0 Å². The molecule has 0 aliphatic carbocycles. The summed E-state index contributed by atoms with van der Waals surface area (Å²) in [5.41, 5.74) is 6.35. The second kappa shape index (κ2) is 3.64. The third kappa shape index (κ3) is 1.88. The lowest BCUT2D eigenvalue weighted by molar-refractivity contribution is 0.461. The van der Waals surface area contributed by atoms with Gasteiger partial charge >= 0.3 is 0 Å². The quantitative estimate of drug-likeness (QED) is 0.661. The Kier molecular flexibility index (Phi) is 2.79. The van der Waals surface area contributed by atoms with E-state index in [1.165, 1.54) is 11.8 Å². The second-order valence-corrected chi connectivity index (χ2v) is 3.06. The van der Waals surface area contributed by atoms with Crippen LogP contribution in [0.3, 0.4) is 0 Å². The Labute approximate surface area is 70.4 Å². The summed E-state index contributed by atoms with van der Waals surface area (Å²) in [4.78, 5) is 0.891. The van der Waals surface area contributed by atoms with Gasteiger partial charge in [0, 0.05) is 11.4 Å². The number of hydrogen-bond acceptors (Lipinski definition) is 3. The fourth-order valence-electron chi connectivity index (χ4n) is 0.863. The molecule has 0 saturated carbocycles. The van der Waals surface area contributed by atoms with E-state index in [1.54, 1.807) is 6.07 Å². The monoisotopic (exact) mass is 169 g/mol. The molecule has 0 saturated heterocycles. The average molecular weight is 169 g/mol. The number of nitrogens with two attached hydrogens (primary N) is 1. The van der Waals surface area contributed by atoms with Crippen molar-refractivity contribution in [1.29, 1.82) is 0 Å². The first kappa shape index (κ1) is 8.43. The van der Waals surface area contributed by atoms with Crippen LogP contribution in [0.5, 0.6) is 5.75 Å². The van der Waals surface area contributed by atoms with Gasteiger partial charge in [-0.2, -0.15) is 0 Å². The van der Waals surface area contributed by atoms with E-state index in [2.05, 4.69) is 0 Å². The predicted molar refractivity (Wildman–Crippen MR) is 47.8 cm³/mol. The van der Waals surface area contributed by atoms with Gasteiger partial charge in [-0.25, -0.2) is 0 Å². The zero-order valence-corrected chi connectivity index (χ0v) is 7.19. The number of thioether (sulfide) groups is 1. The van der Waals surface area contributed by atoms with Gasteiger partial charge in [-0.3, -0.25) is 0 Å². The molecule has 0 aromatic heterocycles. The van der Waals surface area contributed by atoms with E-state index in [-0.39, 0.29) is 0 Å². The van der Waals surface area contributed by atoms with Crippen molar-refractivity contribution in [2.75, 3.05) is 6.26 Å². The van der Waals surface area contributed by atoms with Crippen molar-refractivity contribution in [3.8, 4) is 5.75 Å². The maximum atomic E-state index is 9.35. The molecule has 1 aromatic carbocycles. The number of phenolic OH excluding ortho intramolecular Hbond substituents is 1. The summed E-state index contributed by atoms with van der Waals surface area (Å²) < 4.78 is 0. The van der Waals surface area contributed by atoms with Gasteiger partial charge in [0.1, 0.15) is 5.75 Å². The van der Waals surface area contributed by atoms with Gasteiger partial charge in [0.2, 0.25) is 0 Å². The second-order valence-electron chi connectivity index (χ2n) is 2.21. The lowest BCUT2D eigenvalue weighted by atomic mass is 10.2. The van der Waals surface area contributed by atoms with E-state index in [0.717, 1.165) is 10.5 Å². The number of aromatic hydroxyl groups is 1. The van der Waals surface area contributed by atoms with E-state index >= 15 is 0 Å². The van der Waals surface area contributed by atoms with Crippen molar-refractivity contribution in [3.63, 3.8) is 0 Å². The summed E-state index contributed by atoms with van der Waals surface area (Å²) in [7, 11) is 0. The van der Waals surface area contributed by atoms with Crippen LogP contribution in [0.1, 0.15) is 5.56 Å². The molecule has 0 heterocycles. The van der Waals surface area contributed by atoms with Gasteiger partial charge in [0.25, 0.3) is 0 Å². The SMILES string of the molecule is CSc1ccc(CN)cc1O. The summed E-state index contributed by atoms with van der Waals surface area (Å²) >= 11 is 1.52. The molecule has 0 amide bonds. The van der Waals surface area contributed by atoms with Gasteiger partial charge < -0.3 is 10.8 Å². The molecule has 3 heteroatoms. The van der Waals surface area contributed by atoms with Gasteiger partial charge in [0.05, 0.1) is 0 Å². The van der Waals surface area contributed by atoms with Crippen molar-refractivity contribution in [3.05, 3.63) is 23.8 Å². The van der Waals surface area contributed by atoms with Crippen LogP contribution < -0.4 is 5.73 Å². The maximum Gasteiger partial charge on any atom is 0.129 e. The van der Waals surface area contributed by atoms with Gasteiger partial charge in [-0.1, -0.05) is 6.07 Å². The number of hydrogen-bond donors (Lipinski definition) is 2. The first-order valence-electron chi connectivity index (χ1n) is 3.34. The van der Waals surface area contributed by atoms with Crippen molar-refractivity contribution in [2.45, 2.75) is 11.4 Å². The zero-order chi connectivity index (χ0) is 8.27. The van der Waals surface area contributed by atoms with E-state index in [4.69, 9.17) is 5.73 Å². The van der Waals surface area contributed by atoms with Crippen molar-refractivity contribution >= 4 is 11.8 Å². The minimum atomic E-state index is 0.320. The van der Waals surface area contributed by atoms with E-state index in [0.29, 0.717) is 12.3 Å². The molecule has 11 heavy (non-hydrogen) atoms. The van der Waals surface area contributed by atoms with Crippen molar-refractivity contribution in [1.82, 2.24) is 0 Å². The van der Waals surface area contributed by atoms with Gasteiger partial charge in [-0.05, 0) is 24.0 Å². The fourth-order valence-corrected chi connectivity index (χ4v) is 1.33. The summed E-state index contributed by atoms with van der Waals surface area (Å²) in [5, 5.41) is 9.35. The molecular formula is C8H11NOS. The molecule has 0 unspecified atom stereocenters. The molecule has 0 aliphatic rings. The van der Waals surface area contributed by atoms with Crippen LogP contribution in [0.4, 0.5) is 0 Å². The molecule has 60 valence electrons. The Morgan fingerprint density at radius 2 is 2.27 bits per heavy atom.